The van der Waals surface area contributed by atoms with Gasteiger partial charge in [0.05, 0.1) is 0 Å². The highest BCUT2D eigenvalue weighted by Gasteiger charge is 2.29. The lowest BCUT2D eigenvalue weighted by Crippen LogP contribution is -2.17. The van der Waals surface area contributed by atoms with Gasteiger partial charge in [0.1, 0.15) is 5.25 Å². The number of Topliss-reactive ketones (excluding diaryl/α,β-unsaturated/α-hetero) is 1. The number of carbonyl (C=O) groups excluding carboxylic acids is 1. The van der Waals surface area contributed by atoms with Gasteiger partial charge in [0.15, 0.2) is 5.78 Å². The predicted octanol–water partition coefficient (Wildman–Crippen LogP) is 3.65. The maximum Gasteiger partial charge on any atom is 0.272 e. The Balaban J connectivity index is 2.36. The molecule has 21 heavy (non-hydrogen) atoms. The Hall–Kier alpha value is -1.50. The van der Waals surface area contributed by atoms with Crippen molar-refractivity contribution in [1.29, 1.82) is 0 Å². The molecule has 2 rings (SSSR count). The third kappa shape index (κ3) is 4.00. The average Bonchev–Trinajstić information content (AvgIpc) is 2.45. The first-order valence-corrected chi connectivity index (χ1v) is 8.48. The molecule has 6 heteroatoms. The number of ketones is 1. The van der Waals surface area contributed by atoms with Crippen LogP contribution >= 0.6 is 15.9 Å². The van der Waals surface area contributed by atoms with Crippen molar-refractivity contribution in [2.24, 2.45) is 0 Å². The van der Waals surface area contributed by atoms with Crippen molar-refractivity contribution in [3.63, 3.8) is 0 Å². The van der Waals surface area contributed by atoms with Crippen LogP contribution in [0.15, 0.2) is 59.1 Å². The molecule has 0 heterocycles. The van der Waals surface area contributed by atoms with Gasteiger partial charge in [-0.05, 0) is 11.6 Å². The fourth-order valence-electron chi connectivity index (χ4n) is 2.02. The standard InChI is InChI=1S/C15H13BrO4S/c16-13-9-5-4-8-12(13)15(21(18,19)20)10-14(17)11-6-2-1-3-7-11/h1-9,15H,10H2,(H,18,19,20). The monoisotopic (exact) mass is 368 g/mol. The van der Waals surface area contributed by atoms with Crippen LogP contribution in [-0.2, 0) is 10.1 Å². The van der Waals surface area contributed by atoms with Gasteiger partial charge in [0, 0.05) is 16.5 Å². The zero-order valence-electron chi connectivity index (χ0n) is 10.9. The first-order valence-electron chi connectivity index (χ1n) is 6.18. The van der Waals surface area contributed by atoms with Gasteiger partial charge in [-0.2, -0.15) is 8.42 Å². The molecule has 2 aromatic carbocycles. The van der Waals surface area contributed by atoms with Crippen molar-refractivity contribution in [3.8, 4) is 0 Å². The lowest BCUT2D eigenvalue weighted by molar-refractivity contribution is 0.0979. The summed E-state index contributed by atoms with van der Waals surface area (Å²) in [6.07, 6.45) is -0.314. The minimum atomic E-state index is -4.39. The third-order valence-electron chi connectivity index (χ3n) is 3.08. The van der Waals surface area contributed by atoms with Crippen molar-refractivity contribution in [2.45, 2.75) is 11.7 Å². The van der Waals surface area contributed by atoms with Crippen molar-refractivity contribution in [1.82, 2.24) is 0 Å². The largest absolute Gasteiger partial charge is 0.294 e. The molecule has 110 valence electrons. The van der Waals surface area contributed by atoms with Crippen LogP contribution in [0.5, 0.6) is 0 Å². The van der Waals surface area contributed by atoms with Crippen LogP contribution in [0, 0.1) is 0 Å². The molecule has 0 saturated heterocycles. The minimum Gasteiger partial charge on any atom is -0.294 e. The van der Waals surface area contributed by atoms with Gasteiger partial charge in [-0.25, -0.2) is 0 Å². The second kappa shape index (κ2) is 6.51. The zero-order chi connectivity index (χ0) is 15.5. The Morgan fingerprint density at radius 1 is 1.05 bits per heavy atom. The molecule has 0 saturated carbocycles. The molecule has 0 aliphatic carbocycles. The fourth-order valence-corrected chi connectivity index (χ4v) is 3.62. The minimum absolute atomic E-state index is 0.314. The van der Waals surface area contributed by atoms with Crippen LogP contribution in [0.1, 0.15) is 27.6 Å². The summed E-state index contributed by atoms with van der Waals surface area (Å²) in [4.78, 5) is 12.2. The van der Waals surface area contributed by atoms with Crippen molar-refractivity contribution < 1.29 is 17.8 Å². The van der Waals surface area contributed by atoms with E-state index in [9.17, 15) is 17.8 Å². The van der Waals surface area contributed by atoms with Crippen LogP contribution in [0.2, 0.25) is 0 Å². The average molecular weight is 369 g/mol. The number of halogens is 1. The topological polar surface area (TPSA) is 71.4 Å². The van der Waals surface area contributed by atoms with Crippen LogP contribution in [0.4, 0.5) is 0 Å². The molecule has 0 aliphatic rings. The number of carbonyl (C=O) groups is 1. The van der Waals surface area contributed by atoms with E-state index in [4.69, 9.17) is 0 Å². The summed E-state index contributed by atoms with van der Waals surface area (Å²) in [5.41, 5.74) is 0.780. The van der Waals surface area contributed by atoms with Gasteiger partial charge in [-0.1, -0.05) is 64.5 Å². The van der Waals surface area contributed by atoms with E-state index in [1.807, 2.05) is 0 Å². The summed E-state index contributed by atoms with van der Waals surface area (Å²) in [6.45, 7) is 0. The van der Waals surface area contributed by atoms with Crippen LogP contribution in [0.25, 0.3) is 0 Å². The van der Waals surface area contributed by atoms with E-state index in [1.54, 1.807) is 54.6 Å². The fraction of sp³-hybridized carbons (Fsp3) is 0.133. The zero-order valence-corrected chi connectivity index (χ0v) is 13.3. The van der Waals surface area contributed by atoms with Crippen molar-refractivity contribution in [2.75, 3.05) is 0 Å². The third-order valence-corrected chi connectivity index (χ3v) is 4.94. The van der Waals surface area contributed by atoms with Crippen LogP contribution < -0.4 is 0 Å². The molecule has 1 atom stereocenters. The first kappa shape index (κ1) is 15.9. The van der Waals surface area contributed by atoms with Crippen LogP contribution in [-0.4, -0.2) is 18.8 Å². The van der Waals surface area contributed by atoms with Gasteiger partial charge in [0.25, 0.3) is 10.1 Å². The second-order valence-corrected chi connectivity index (χ2v) is 6.97. The highest BCUT2D eigenvalue weighted by molar-refractivity contribution is 9.10. The van der Waals surface area contributed by atoms with E-state index in [-0.39, 0.29) is 12.2 Å². The summed E-state index contributed by atoms with van der Waals surface area (Å²) in [7, 11) is -4.39. The molecule has 1 unspecified atom stereocenters. The Kier molecular flexibility index (Phi) is 4.92. The van der Waals surface area contributed by atoms with Gasteiger partial charge < -0.3 is 0 Å². The van der Waals surface area contributed by atoms with Gasteiger partial charge in [0.2, 0.25) is 0 Å². The molecule has 0 fully saturated rings. The van der Waals surface area contributed by atoms with Gasteiger partial charge in [-0.15, -0.1) is 0 Å². The maximum absolute atomic E-state index is 12.2. The van der Waals surface area contributed by atoms with E-state index < -0.39 is 15.4 Å². The smallest absolute Gasteiger partial charge is 0.272 e. The van der Waals surface area contributed by atoms with E-state index >= 15 is 0 Å². The summed E-state index contributed by atoms with van der Waals surface area (Å²) in [5.74, 6) is -0.339. The Labute approximate surface area is 131 Å². The first-order chi connectivity index (χ1) is 9.89. The number of rotatable bonds is 5. The quantitative estimate of drug-likeness (QED) is 0.645. The van der Waals surface area contributed by atoms with E-state index in [0.29, 0.717) is 15.6 Å². The molecule has 0 aliphatic heterocycles. The number of hydrogen-bond donors (Lipinski definition) is 1. The molecule has 1 N–H and O–H groups in total. The Morgan fingerprint density at radius 2 is 1.62 bits per heavy atom. The highest BCUT2D eigenvalue weighted by atomic mass is 79.9. The number of hydrogen-bond acceptors (Lipinski definition) is 3. The van der Waals surface area contributed by atoms with E-state index in [1.165, 1.54) is 0 Å². The summed E-state index contributed by atoms with van der Waals surface area (Å²) in [5, 5.41) is -1.29. The number of benzene rings is 2. The normalized spacial score (nSPS) is 12.9. The molecule has 0 spiro atoms. The second-order valence-electron chi connectivity index (χ2n) is 4.52. The lowest BCUT2D eigenvalue weighted by Gasteiger charge is -2.15. The maximum atomic E-state index is 12.2. The molecule has 2 aromatic rings. The lowest BCUT2D eigenvalue weighted by atomic mass is 10.0. The van der Waals surface area contributed by atoms with Crippen molar-refractivity contribution in [3.05, 3.63) is 70.2 Å². The van der Waals surface area contributed by atoms with Crippen LogP contribution in [0.3, 0.4) is 0 Å². The molecule has 4 nitrogen and oxygen atoms in total. The molecular weight excluding hydrogens is 356 g/mol. The summed E-state index contributed by atoms with van der Waals surface area (Å²) >= 11 is 3.25. The molecule has 0 radical (unpaired) electrons. The summed E-state index contributed by atoms with van der Waals surface area (Å²) < 4.78 is 33.3. The summed E-state index contributed by atoms with van der Waals surface area (Å²) in [6, 6.07) is 15.0. The highest BCUT2D eigenvalue weighted by Crippen LogP contribution is 2.32. The van der Waals surface area contributed by atoms with Gasteiger partial charge >= 0.3 is 0 Å². The van der Waals surface area contributed by atoms with E-state index in [2.05, 4.69) is 15.9 Å². The Bertz CT molecular complexity index is 741. The van der Waals surface area contributed by atoms with E-state index in [0.717, 1.165) is 0 Å². The molecule has 0 amide bonds. The molecule has 0 aromatic heterocycles. The predicted molar refractivity (Wildman–Crippen MR) is 83.8 cm³/mol. The Morgan fingerprint density at radius 3 is 2.19 bits per heavy atom. The molecule has 0 bridgehead atoms. The van der Waals surface area contributed by atoms with Crippen molar-refractivity contribution >= 4 is 31.8 Å². The van der Waals surface area contributed by atoms with Gasteiger partial charge in [-0.3, -0.25) is 9.35 Å². The molecular formula is C15H13BrO4S. The SMILES string of the molecule is O=C(CC(c1ccccc1Br)S(=O)(=O)O)c1ccccc1.